The van der Waals surface area contributed by atoms with Gasteiger partial charge in [-0.1, -0.05) is 49.7 Å². The first-order valence-electron chi connectivity index (χ1n) is 10.9. The van der Waals surface area contributed by atoms with E-state index in [9.17, 15) is 20.2 Å². The van der Waals surface area contributed by atoms with Crippen LogP contribution in [0.1, 0.15) is 49.3 Å². The van der Waals surface area contributed by atoms with Crippen LogP contribution in [0.15, 0.2) is 65.3 Å². The van der Waals surface area contributed by atoms with Crippen LogP contribution in [0.3, 0.4) is 0 Å². The SMILES string of the molecule is Cc1ccc(COc2ccc([C@@H]3C(C#N)=C(N)OC4=C3C(=O)CC(C)(C)C4)cc2[N+](=O)[O-])cc1. The molecule has 34 heavy (non-hydrogen) atoms. The fourth-order valence-electron chi connectivity index (χ4n) is 4.44. The first kappa shape index (κ1) is 23.1. The van der Waals surface area contributed by atoms with Crippen LogP contribution in [0, 0.1) is 33.8 Å². The summed E-state index contributed by atoms with van der Waals surface area (Å²) in [4.78, 5) is 24.4. The lowest BCUT2D eigenvalue weighted by Crippen LogP contribution is -2.33. The second-order valence-electron chi connectivity index (χ2n) is 9.46. The van der Waals surface area contributed by atoms with E-state index < -0.39 is 10.8 Å². The van der Waals surface area contributed by atoms with Crippen LogP contribution in [0.4, 0.5) is 5.69 Å². The van der Waals surface area contributed by atoms with Crippen LogP contribution in [0.25, 0.3) is 0 Å². The van der Waals surface area contributed by atoms with Gasteiger partial charge in [0.2, 0.25) is 5.88 Å². The number of aryl methyl sites for hydroxylation is 1. The highest BCUT2D eigenvalue weighted by Crippen LogP contribution is 2.48. The largest absolute Gasteiger partial charge is 0.482 e. The molecule has 1 heterocycles. The number of hydrogen-bond donors (Lipinski definition) is 1. The second kappa shape index (κ2) is 8.67. The minimum atomic E-state index is -0.831. The number of ketones is 1. The Labute approximate surface area is 197 Å². The molecule has 2 N–H and O–H groups in total. The van der Waals surface area contributed by atoms with Gasteiger partial charge in [-0.2, -0.15) is 5.26 Å². The molecule has 0 unspecified atom stereocenters. The molecule has 1 aliphatic carbocycles. The number of rotatable bonds is 5. The van der Waals surface area contributed by atoms with Gasteiger partial charge in [-0.3, -0.25) is 14.9 Å². The maximum atomic E-state index is 13.1. The molecule has 174 valence electrons. The smallest absolute Gasteiger partial charge is 0.311 e. The predicted octanol–water partition coefficient (Wildman–Crippen LogP) is 4.93. The molecule has 2 aromatic rings. The quantitative estimate of drug-likeness (QED) is 0.495. The van der Waals surface area contributed by atoms with Gasteiger partial charge >= 0.3 is 5.69 Å². The van der Waals surface area contributed by atoms with Crippen molar-refractivity contribution in [2.45, 2.75) is 46.1 Å². The molecule has 0 saturated carbocycles. The summed E-state index contributed by atoms with van der Waals surface area (Å²) in [5, 5.41) is 21.7. The van der Waals surface area contributed by atoms with Gasteiger partial charge in [0.05, 0.1) is 10.8 Å². The van der Waals surface area contributed by atoms with Gasteiger partial charge in [0.15, 0.2) is 11.5 Å². The van der Waals surface area contributed by atoms with Crippen molar-refractivity contribution in [3.05, 3.63) is 92.1 Å². The molecular weight excluding hydrogens is 434 g/mol. The monoisotopic (exact) mass is 459 g/mol. The van der Waals surface area contributed by atoms with Gasteiger partial charge in [0.25, 0.3) is 0 Å². The molecule has 4 rings (SSSR count). The summed E-state index contributed by atoms with van der Waals surface area (Å²) in [6, 6.07) is 14.2. The van der Waals surface area contributed by atoms with E-state index in [1.54, 1.807) is 6.07 Å². The molecule has 8 heteroatoms. The van der Waals surface area contributed by atoms with E-state index in [1.807, 2.05) is 51.1 Å². The van der Waals surface area contributed by atoms with Crippen LogP contribution in [0.2, 0.25) is 0 Å². The highest BCUT2D eigenvalue weighted by atomic mass is 16.6. The van der Waals surface area contributed by atoms with Crippen molar-refractivity contribution in [1.29, 1.82) is 5.26 Å². The first-order valence-corrected chi connectivity index (χ1v) is 10.9. The Morgan fingerprint density at radius 2 is 1.94 bits per heavy atom. The molecule has 1 aliphatic heterocycles. The topological polar surface area (TPSA) is 128 Å². The first-order chi connectivity index (χ1) is 16.1. The van der Waals surface area contributed by atoms with Crippen LogP contribution in [-0.4, -0.2) is 10.7 Å². The van der Waals surface area contributed by atoms with Crippen LogP contribution in [-0.2, 0) is 16.1 Å². The highest BCUT2D eigenvalue weighted by molar-refractivity contribution is 6.00. The number of hydrogen-bond acceptors (Lipinski definition) is 7. The van der Waals surface area contributed by atoms with Crippen molar-refractivity contribution >= 4 is 11.5 Å². The summed E-state index contributed by atoms with van der Waals surface area (Å²) in [6.07, 6.45) is 0.758. The van der Waals surface area contributed by atoms with Crippen molar-refractivity contribution in [2.75, 3.05) is 0 Å². The van der Waals surface area contributed by atoms with Crippen LogP contribution in [0.5, 0.6) is 5.75 Å². The number of ether oxygens (including phenoxy) is 2. The molecule has 2 aliphatic rings. The summed E-state index contributed by atoms with van der Waals surface area (Å²) in [6.45, 7) is 6.05. The Morgan fingerprint density at radius 3 is 2.59 bits per heavy atom. The fourth-order valence-corrected chi connectivity index (χ4v) is 4.44. The van der Waals surface area contributed by atoms with Gasteiger partial charge in [-0.25, -0.2) is 0 Å². The maximum absolute atomic E-state index is 13.1. The third-order valence-corrected chi connectivity index (χ3v) is 6.10. The summed E-state index contributed by atoms with van der Waals surface area (Å²) in [7, 11) is 0. The van der Waals surface area contributed by atoms with Crippen molar-refractivity contribution < 1.29 is 19.2 Å². The maximum Gasteiger partial charge on any atom is 0.311 e. The zero-order chi connectivity index (χ0) is 24.6. The Hall–Kier alpha value is -4.12. The summed E-state index contributed by atoms with van der Waals surface area (Å²) >= 11 is 0. The minimum absolute atomic E-state index is 0.0643. The number of carbonyl (C=O) groups is 1. The minimum Gasteiger partial charge on any atom is -0.482 e. The Bertz CT molecular complexity index is 1280. The molecule has 0 spiro atoms. The zero-order valence-corrected chi connectivity index (χ0v) is 19.3. The number of nitro groups is 1. The molecule has 0 bridgehead atoms. The molecule has 8 nitrogen and oxygen atoms in total. The normalized spacial score (nSPS) is 19.2. The van der Waals surface area contributed by atoms with E-state index in [0.29, 0.717) is 23.3 Å². The molecule has 1 atom stereocenters. The van der Waals surface area contributed by atoms with Crippen LogP contribution < -0.4 is 10.5 Å². The number of allylic oxidation sites excluding steroid dienone is 3. The number of nitrogens with two attached hydrogens (primary N) is 1. The van der Waals surface area contributed by atoms with Crippen molar-refractivity contribution in [3.8, 4) is 11.8 Å². The van der Waals surface area contributed by atoms with Crippen molar-refractivity contribution in [3.63, 3.8) is 0 Å². The Kier molecular flexibility index (Phi) is 5.88. The molecular formula is C26H25N3O5. The van der Waals surface area contributed by atoms with E-state index in [1.165, 1.54) is 12.1 Å². The van der Waals surface area contributed by atoms with Gasteiger partial charge in [0.1, 0.15) is 24.0 Å². The fraction of sp³-hybridized carbons (Fsp3) is 0.308. The molecule has 0 amide bonds. The van der Waals surface area contributed by atoms with E-state index in [0.717, 1.165) is 11.1 Å². The lowest BCUT2D eigenvalue weighted by molar-refractivity contribution is -0.386. The average molecular weight is 460 g/mol. The van der Waals surface area contributed by atoms with E-state index in [2.05, 4.69) is 0 Å². The third-order valence-electron chi connectivity index (χ3n) is 6.10. The Balaban J connectivity index is 1.74. The zero-order valence-electron chi connectivity index (χ0n) is 19.3. The van der Waals surface area contributed by atoms with Gasteiger partial charge in [-0.15, -0.1) is 0 Å². The van der Waals surface area contributed by atoms with E-state index >= 15 is 0 Å². The number of nitro benzene ring substituents is 1. The molecule has 0 aromatic heterocycles. The molecule has 2 aromatic carbocycles. The Morgan fingerprint density at radius 1 is 1.24 bits per heavy atom. The standard InChI is InChI=1S/C26H25N3O5/c1-15-4-6-16(7-5-15)14-33-21-9-8-17(10-19(21)29(31)32)23-18(13-27)25(28)34-22-12-26(2,3)11-20(30)24(22)23/h4-10,23H,11-12,14,28H2,1-3H3/t23-/m1/s1. The number of benzene rings is 2. The number of nitrogens with zero attached hydrogens (tertiary/aromatic N) is 2. The van der Waals surface area contributed by atoms with Gasteiger partial charge in [0, 0.05) is 24.5 Å². The van der Waals surface area contributed by atoms with E-state index in [4.69, 9.17) is 15.2 Å². The predicted molar refractivity (Wildman–Crippen MR) is 124 cm³/mol. The number of carbonyl (C=O) groups excluding carboxylic acids is 1. The van der Waals surface area contributed by atoms with Crippen LogP contribution >= 0.6 is 0 Å². The lowest BCUT2D eigenvalue weighted by Gasteiger charge is -2.37. The van der Waals surface area contributed by atoms with Crippen molar-refractivity contribution in [2.24, 2.45) is 11.1 Å². The van der Waals surface area contributed by atoms with E-state index in [-0.39, 0.29) is 47.1 Å². The van der Waals surface area contributed by atoms with Gasteiger partial charge < -0.3 is 15.2 Å². The van der Waals surface area contributed by atoms with Gasteiger partial charge in [-0.05, 0) is 29.5 Å². The molecule has 0 fully saturated rings. The van der Waals surface area contributed by atoms with Crippen molar-refractivity contribution in [1.82, 2.24) is 0 Å². The lowest BCUT2D eigenvalue weighted by atomic mass is 9.70. The second-order valence-corrected chi connectivity index (χ2v) is 9.46. The number of Topliss-reactive ketones (excluding diaryl/α,β-unsaturated/α-hetero) is 1. The average Bonchev–Trinajstić information content (AvgIpc) is 2.76. The number of nitriles is 1. The highest BCUT2D eigenvalue weighted by Gasteiger charge is 2.43. The molecule has 0 radical (unpaired) electrons. The third kappa shape index (κ3) is 4.37. The summed E-state index contributed by atoms with van der Waals surface area (Å²) < 4.78 is 11.4. The summed E-state index contributed by atoms with van der Waals surface area (Å²) in [5.74, 6) is -0.549. The summed E-state index contributed by atoms with van der Waals surface area (Å²) in [5.41, 5.74) is 8.27. The molecule has 0 saturated heterocycles.